The van der Waals surface area contributed by atoms with Gasteiger partial charge >= 0.3 is 0 Å². The molecule has 0 aliphatic rings. The summed E-state index contributed by atoms with van der Waals surface area (Å²) in [5.74, 6) is 0.663. The van der Waals surface area contributed by atoms with E-state index in [0.29, 0.717) is 22.3 Å². The molecule has 0 aliphatic heterocycles. The number of ether oxygens (including phenoxy) is 1. The van der Waals surface area contributed by atoms with Crippen LogP contribution in [0.15, 0.2) is 48.8 Å². The summed E-state index contributed by atoms with van der Waals surface area (Å²) in [6, 6.07) is 11.1. The van der Waals surface area contributed by atoms with Crippen molar-refractivity contribution < 1.29 is 9.53 Å². The topological polar surface area (TPSA) is 76.1 Å². The number of aryl methyl sites for hydroxylation is 2. The van der Waals surface area contributed by atoms with E-state index in [1.807, 2.05) is 32.0 Å². The summed E-state index contributed by atoms with van der Waals surface area (Å²) < 4.78 is 5.22. The molecule has 1 aromatic heterocycles. The molecule has 0 fully saturated rings. The van der Waals surface area contributed by atoms with E-state index in [4.69, 9.17) is 16.3 Å². The van der Waals surface area contributed by atoms with E-state index in [2.05, 4.69) is 20.6 Å². The first kappa shape index (κ1) is 18.7. The Morgan fingerprint density at radius 1 is 1.04 bits per heavy atom. The van der Waals surface area contributed by atoms with Crippen molar-refractivity contribution in [3.05, 3.63) is 70.6 Å². The minimum absolute atomic E-state index is 0.184. The number of aromatic nitrogens is 2. The van der Waals surface area contributed by atoms with E-state index in [1.165, 1.54) is 19.5 Å². The maximum atomic E-state index is 12.4. The van der Waals surface area contributed by atoms with Gasteiger partial charge in [0, 0.05) is 10.7 Å². The molecule has 0 radical (unpaired) electrons. The number of methoxy groups -OCH3 is 1. The third kappa shape index (κ3) is 4.54. The lowest BCUT2D eigenvalue weighted by Crippen LogP contribution is -2.15. The van der Waals surface area contributed by atoms with Gasteiger partial charge in [-0.2, -0.15) is 0 Å². The summed E-state index contributed by atoms with van der Waals surface area (Å²) in [7, 11) is 1.52. The molecule has 0 bridgehead atoms. The van der Waals surface area contributed by atoms with Crippen LogP contribution < -0.4 is 15.4 Å². The Morgan fingerprint density at radius 2 is 1.85 bits per heavy atom. The molecule has 2 aromatic carbocycles. The van der Waals surface area contributed by atoms with E-state index < -0.39 is 5.91 Å². The van der Waals surface area contributed by atoms with Crippen molar-refractivity contribution in [3.63, 3.8) is 0 Å². The highest BCUT2D eigenvalue weighted by Crippen LogP contribution is 2.28. The molecule has 27 heavy (non-hydrogen) atoms. The molecule has 0 aliphatic carbocycles. The second-order valence-electron chi connectivity index (χ2n) is 6.03. The number of carbonyl (C=O) groups is 1. The molecule has 0 saturated carbocycles. The smallest absolute Gasteiger partial charge is 0.275 e. The van der Waals surface area contributed by atoms with Gasteiger partial charge in [-0.05, 0) is 49.2 Å². The van der Waals surface area contributed by atoms with Gasteiger partial charge in [0.05, 0.1) is 25.2 Å². The maximum absolute atomic E-state index is 12.4. The normalized spacial score (nSPS) is 10.4. The average Bonchev–Trinajstić information content (AvgIpc) is 2.65. The van der Waals surface area contributed by atoms with Gasteiger partial charge in [0.15, 0.2) is 0 Å². The number of rotatable bonds is 5. The molecule has 138 valence electrons. The lowest BCUT2D eigenvalue weighted by Gasteiger charge is -2.11. The molecule has 7 heteroatoms. The minimum atomic E-state index is -0.402. The first-order chi connectivity index (χ1) is 13.0. The van der Waals surface area contributed by atoms with E-state index >= 15 is 0 Å². The van der Waals surface area contributed by atoms with Crippen molar-refractivity contribution in [2.75, 3.05) is 17.7 Å². The van der Waals surface area contributed by atoms with Crippen molar-refractivity contribution in [2.45, 2.75) is 13.8 Å². The summed E-state index contributed by atoms with van der Waals surface area (Å²) in [6.45, 7) is 4.03. The number of amides is 1. The SMILES string of the molecule is COc1ccc(Cl)cc1NC(=O)c1cnc(Nc2cc(C)ccc2C)cn1. The summed E-state index contributed by atoms with van der Waals surface area (Å²) in [5, 5.41) is 6.44. The molecule has 2 N–H and O–H groups in total. The Morgan fingerprint density at radius 3 is 2.56 bits per heavy atom. The molecule has 0 atom stereocenters. The summed E-state index contributed by atoms with van der Waals surface area (Å²) in [6.07, 6.45) is 2.94. The average molecular weight is 383 g/mol. The number of nitrogens with one attached hydrogen (secondary N) is 2. The second kappa shape index (κ2) is 8.05. The zero-order valence-electron chi connectivity index (χ0n) is 15.2. The van der Waals surface area contributed by atoms with Gasteiger partial charge in [0.2, 0.25) is 0 Å². The van der Waals surface area contributed by atoms with Gasteiger partial charge in [-0.25, -0.2) is 9.97 Å². The number of hydrogen-bond acceptors (Lipinski definition) is 5. The van der Waals surface area contributed by atoms with E-state index in [-0.39, 0.29) is 5.69 Å². The fourth-order valence-electron chi connectivity index (χ4n) is 2.48. The molecule has 3 aromatic rings. The summed E-state index contributed by atoms with van der Waals surface area (Å²) >= 11 is 5.98. The molecular weight excluding hydrogens is 364 g/mol. The third-order valence-electron chi connectivity index (χ3n) is 3.95. The van der Waals surface area contributed by atoms with Gasteiger partial charge in [0.1, 0.15) is 17.3 Å². The number of anilines is 3. The minimum Gasteiger partial charge on any atom is -0.495 e. The molecule has 1 amide bonds. The molecule has 0 unspecified atom stereocenters. The van der Waals surface area contributed by atoms with Crippen LogP contribution in [-0.2, 0) is 0 Å². The van der Waals surface area contributed by atoms with Gasteiger partial charge in [-0.15, -0.1) is 0 Å². The van der Waals surface area contributed by atoms with Crippen LogP contribution in [0.4, 0.5) is 17.2 Å². The third-order valence-corrected chi connectivity index (χ3v) is 4.19. The van der Waals surface area contributed by atoms with Crippen LogP contribution in [0, 0.1) is 13.8 Å². The van der Waals surface area contributed by atoms with Crippen LogP contribution in [0.5, 0.6) is 5.75 Å². The first-order valence-corrected chi connectivity index (χ1v) is 8.65. The molecule has 0 spiro atoms. The standard InChI is InChI=1S/C20H19ClN4O2/c1-12-4-5-13(2)15(8-12)24-19-11-22-17(10-23-19)20(26)25-16-9-14(21)6-7-18(16)27-3/h4-11H,1-3H3,(H,23,24)(H,25,26). The van der Waals surface area contributed by atoms with Crippen LogP contribution in [0.25, 0.3) is 0 Å². The molecule has 0 saturated heterocycles. The van der Waals surface area contributed by atoms with Crippen molar-refractivity contribution >= 4 is 34.7 Å². The summed E-state index contributed by atoms with van der Waals surface area (Å²) in [4.78, 5) is 20.9. The molecule has 1 heterocycles. The first-order valence-electron chi connectivity index (χ1n) is 8.27. The number of nitrogens with zero attached hydrogens (tertiary/aromatic N) is 2. The van der Waals surface area contributed by atoms with E-state index in [0.717, 1.165) is 16.8 Å². The number of carbonyl (C=O) groups excluding carboxylic acids is 1. The zero-order valence-corrected chi connectivity index (χ0v) is 16.0. The fourth-order valence-corrected chi connectivity index (χ4v) is 2.65. The van der Waals surface area contributed by atoms with Crippen molar-refractivity contribution in [1.82, 2.24) is 9.97 Å². The lowest BCUT2D eigenvalue weighted by molar-refractivity contribution is 0.102. The monoisotopic (exact) mass is 382 g/mol. The van der Waals surface area contributed by atoms with E-state index in [1.54, 1.807) is 18.2 Å². The Hall–Kier alpha value is -3.12. The fraction of sp³-hybridized carbons (Fsp3) is 0.150. The van der Waals surface area contributed by atoms with Crippen molar-refractivity contribution in [1.29, 1.82) is 0 Å². The number of hydrogen-bond donors (Lipinski definition) is 2. The molecular formula is C20H19ClN4O2. The second-order valence-corrected chi connectivity index (χ2v) is 6.47. The Bertz CT molecular complexity index is 974. The predicted octanol–water partition coefficient (Wildman–Crippen LogP) is 4.75. The zero-order chi connectivity index (χ0) is 19.4. The van der Waals surface area contributed by atoms with Gasteiger partial charge in [-0.1, -0.05) is 23.7 Å². The number of benzene rings is 2. The van der Waals surface area contributed by atoms with E-state index in [9.17, 15) is 4.79 Å². The van der Waals surface area contributed by atoms with Crippen molar-refractivity contribution in [2.24, 2.45) is 0 Å². The quantitative estimate of drug-likeness (QED) is 0.665. The Balaban J connectivity index is 1.74. The Labute approximate surface area is 162 Å². The largest absolute Gasteiger partial charge is 0.495 e. The van der Waals surface area contributed by atoms with Crippen LogP contribution >= 0.6 is 11.6 Å². The van der Waals surface area contributed by atoms with Gasteiger partial charge < -0.3 is 15.4 Å². The maximum Gasteiger partial charge on any atom is 0.275 e. The molecule has 3 rings (SSSR count). The Kier molecular flexibility index (Phi) is 5.57. The van der Waals surface area contributed by atoms with Crippen LogP contribution in [0.3, 0.4) is 0 Å². The predicted molar refractivity (Wildman–Crippen MR) is 107 cm³/mol. The van der Waals surface area contributed by atoms with Crippen LogP contribution in [0.2, 0.25) is 5.02 Å². The van der Waals surface area contributed by atoms with Gasteiger partial charge in [-0.3, -0.25) is 4.79 Å². The number of halogens is 1. The van der Waals surface area contributed by atoms with Crippen LogP contribution in [0.1, 0.15) is 21.6 Å². The summed E-state index contributed by atoms with van der Waals surface area (Å²) in [5.41, 5.74) is 3.84. The van der Waals surface area contributed by atoms with Gasteiger partial charge in [0.25, 0.3) is 5.91 Å². The highest BCUT2D eigenvalue weighted by atomic mass is 35.5. The van der Waals surface area contributed by atoms with Crippen molar-refractivity contribution in [3.8, 4) is 5.75 Å². The molecule has 6 nitrogen and oxygen atoms in total. The highest BCUT2D eigenvalue weighted by Gasteiger charge is 2.12. The van der Waals surface area contributed by atoms with Crippen LogP contribution in [-0.4, -0.2) is 23.0 Å². The highest BCUT2D eigenvalue weighted by molar-refractivity contribution is 6.31. The lowest BCUT2D eigenvalue weighted by atomic mass is 10.1.